The van der Waals surface area contributed by atoms with Crippen molar-refractivity contribution < 1.29 is 23.9 Å². The molecule has 124 valence electrons. The van der Waals surface area contributed by atoms with Gasteiger partial charge < -0.3 is 4.74 Å². The number of hydrazone groups is 1. The Morgan fingerprint density at radius 3 is 2.33 bits per heavy atom. The van der Waals surface area contributed by atoms with Gasteiger partial charge in [-0.2, -0.15) is 5.10 Å². The van der Waals surface area contributed by atoms with E-state index < -0.39 is 35.7 Å². The minimum atomic E-state index is -1.18. The number of hydrogen-bond acceptors (Lipinski definition) is 6. The zero-order valence-corrected chi connectivity index (χ0v) is 13.5. The van der Waals surface area contributed by atoms with Crippen LogP contribution >= 0.6 is 11.6 Å². The van der Waals surface area contributed by atoms with Crippen molar-refractivity contribution in [2.75, 3.05) is 12.0 Å². The number of carbonyl (C=O) groups excluding carboxylic acids is 4. The molecule has 0 aromatic heterocycles. The average molecular weight is 350 g/mol. The third-order valence-electron chi connectivity index (χ3n) is 3.85. The standard InChI is InChI=1S/C15H12ClN3O5/c1-7(20)19-12-10(11(17-19)15(23)24-2)13(21)18(14(12)22)9-5-3-8(16)4-6-9/h3-6,10,12H,1-2H3/t10-,12+/m1/s1. The highest BCUT2D eigenvalue weighted by molar-refractivity contribution is 6.47. The summed E-state index contributed by atoms with van der Waals surface area (Å²) >= 11 is 5.81. The van der Waals surface area contributed by atoms with Crippen LogP contribution in [0.25, 0.3) is 0 Å². The molecule has 9 heteroatoms. The van der Waals surface area contributed by atoms with E-state index in [2.05, 4.69) is 9.84 Å². The molecule has 0 radical (unpaired) electrons. The second-order valence-electron chi connectivity index (χ2n) is 5.25. The smallest absolute Gasteiger partial charge is 0.355 e. The highest BCUT2D eigenvalue weighted by atomic mass is 35.5. The summed E-state index contributed by atoms with van der Waals surface area (Å²) in [5.74, 6) is -3.86. The van der Waals surface area contributed by atoms with E-state index in [1.165, 1.54) is 31.2 Å². The Balaban J connectivity index is 2.05. The monoisotopic (exact) mass is 349 g/mol. The predicted molar refractivity (Wildman–Crippen MR) is 83.2 cm³/mol. The van der Waals surface area contributed by atoms with E-state index in [1.807, 2.05) is 0 Å². The number of ether oxygens (including phenoxy) is 1. The lowest BCUT2D eigenvalue weighted by molar-refractivity contribution is -0.136. The quantitative estimate of drug-likeness (QED) is 0.575. The van der Waals surface area contributed by atoms with Crippen molar-refractivity contribution in [2.45, 2.75) is 13.0 Å². The molecular formula is C15H12ClN3O5. The first-order valence-electron chi connectivity index (χ1n) is 6.96. The van der Waals surface area contributed by atoms with Crippen LogP contribution in [0.5, 0.6) is 0 Å². The first-order valence-corrected chi connectivity index (χ1v) is 7.34. The van der Waals surface area contributed by atoms with Crippen molar-refractivity contribution in [1.29, 1.82) is 0 Å². The molecule has 0 saturated carbocycles. The summed E-state index contributed by atoms with van der Waals surface area (Å²) in [4.78, 5) is 50.0. The number of nitrogens with zero attached hydrogens (tertiary/aromatic N) is 3. The molecule has 2 aliphatic heterocycles. The molecule has 0 unspecified atom stereocenters. The largest absolute Gasteiger partial charge is 0.464 e. The maximum Gasteiger partial charge on any atom is 0.355 e. The first-order chi connectivity index (χ1) is 11.4. The number of methoxy groups -OCH3 is 1. The molecule has 0 aliphatic carbocycles. The van der Waals surface area contributed by atoms with Gasteiger partial charge in [-0.25, -0.2) is 14.7 Å². The highest BCUT2D eigenvalue weighted by Crippen LogP contribution is 2.35. The molecule has 1 saturated heterocycles. The van der Waals surface area contributed by atoms with Crippen LogP contribution in [0.15, 0.2) is 29.4 Å². The van der Waals surface area contributed by atoms with E-state index >= 15 is 0 Å². The number of anilines is 1. The minimum Gasteiger partial charge on any atom is -0.464 e. The van der Waals surface area contributed by atoms with Crippen LogP contribution < -0.4 is 4.90 Å². The van der Waals surface area contributed by atoms with Gasteiger partial charge in [-0.1, -0.05) is 11.6 Å². The Bertz CT molecular complexity index is 789. The second-order valence-corrected chi connectivity index (χ2v) is 5.69. The number of halogens is 1. The lowest BCUT2D eigenvalue weighted by Gasteiger charge is -2.19. The predicted octanol–water partition coefficient (Wildman–Crippen LogP) is 0.589. The zero-order chi connectivity index (χ0) is 17.6. The number of esters is 1. The molecule has 24 heavy (non-hydrogen) atoms. The highest BCUT2D eigenvalue weighted by Gasteiger charge is 2.59. The molecule has 1 aromatic carbocycles. The maximum atomic E-state index is 12.7. The van der Waals surface area contributed by atoms with Gasteiger partial charge in [0.1, 0.15) is 5.92 Å². The number of fused-ring (bicyclic) bond motifs is 1. The van der Waals surface area contributed by atoms with Crippen molar-refractivity contribution in [1.82, 2.24) is 5.01 Å². The van der Waals surface area contributed by atoms with Crippen molar-refractivity contribution >= 4 is 46.7 Å². The Morgan fingerprint density at radius 1 is 1.17 bits per heavy atom. The van der Waals surface area contributed by atoms with Gasteiger partial charge in [0, 0.05) is 11.9 Å². The minimum absolute atomic E-state index is 0.257. The molecule has 2 atom stereocenters. The van der Waals surface area contributed by atoms with E-state index in [0.29, 0.717) is 10.7 Å². The Hall–Kier alpha value is -2.74. The van der Waals surface area contributed by atoms with Crippen LogP contribution in [0.3, 0.4) is 0 Å². The Morgan fingerprint density at radius 2 is 1.79 bits per heavy atom. The van der Waals surface area contributed by atoms with E-state index in [1.54, 1.807) is 0 Å². The van der Waals surface area contributed by atoms with Gasteiger partial charge in [0.05, 0.1) is 12.8 Å². The van der Waals surface area contributed by atoms with Crippen LogP contribution in [-0.4, -0.2) is 47.6 Å². The Kier molecular flexibility index (Phi) is 3.84. The molecule has 3 rings (SSSR count). The summed E-state index contributed by atoms with van der Waals surface area (Å²) < 4.78 is 4.60. The number of amides is 3. The summed E-state index contributed by atoms with van der Waals surface area (Å²) in [7, 11) is 1.13. The fraction of sp³-hybridized carbons (Fsp3) is 0.267. The SMILES string of the molecule is COC(=O)C1=NN(C(C)=O)[C@@H]2C(=O)N(c3ccc(Cl)cc3)C(=O)[C@H]12. The molecule has 2 aliphatic rings. The number of carbonyl (C=O) groups is 4. The molecule has 0 bridgehead atoms. The number of rotatable bonds is 2. The maximum absolute atomic E-state index is 12.7. The topological polar surface area (TPSA) is 96.3 Å². The van der Waals surface area contributed by atoms with Crippen LogP contribution in [0.4, 0.5) is 5.69 Å². The zero-order valence-electron chi connectivity index (χ0n) is 12.7. The lowest BCUT2D eigenvalue weighted by Crippen LogP contribution is -2.41. The van der Waals surface area contributed by atoms with E-state index in [9.17, 15) is 19.2 Å². The summed E-state index contributed by atoms with van der Waals surface area (Å²) in [5.41, 5.74) is 0.0454. The summed E-state index contributed by atoms with van der Waals surface area (Å²) in [5, 5.41) is 5.12. The molecule has 1 fully saturated rings. The van der Waals surface area contributed by atoms with Crippen molar-refractivity contribution in [3.63, 3.8) is 0 Å². The van der Waals surface area contributed by atoms with Crippen molar-refractivity contribution in [2.24, 2.45) is 11.0 Å². The van der Waals surface area contributed by atoms with E-state index in [0.717, 1.165) is 17.0 Å². The average Bonchev–Trinajstić information content (AvgIpc) is 3.06. The van der Waals surface area contributed by atoms with Gasteiger partial charge in [-0.3, -0.25) is 14.4 Å². The molecule has 0 spiro atoms. The molecule has 1 aromatic rings. The fourth-order valence-corrected chi connectivity index (χ4v) is 2.92. The van der Waals surface area contributed by atoms with Crippen molar-refractivity contribution in [3.8, 4) is 0 Å². The van der Waals surface area contributed by atoms with Crippen molar-refractivity contribution in [3.05, 3.63) is 29.3 Å². The molecule has 8 nitrogen and oxygen atoms in total. The molecule has 0 N–H and O–H groups in total. The molecule has 3 amide bonds. The van der Waals surface area contributed by atoms with Crippen LogP contribution in [0, 0.1) is 5.92 Å². The normalized spacial score (nSPS) is 22.5. The van der Waals surface area contributed by atoms with E-state index in [4.69, 9.17) is 11.6 Å². The third kappa shape index (κ3) is 2.26. The summed E-state index contributed by atoms with van der Waals surface area (Å²) in [6, 6.07) is 4.89. The van der Waals surface area contributed by atoms with Crippen LogP contribution in [0.1, 0.15) is 6.92 Å². The number of imide groups is 1. The molecular weight excluding hydrogens is 338 g/mol. The van der Waals surface area contributed by atoms with Gasteiger partial charge in [-0.05, 0) is 24.3 Å². The molecule has 2 heterocycles. The first kappa shape index (κ1) is 16.1. The van der Waals surface area contributed by atoms with Crippen LogP contribution in [-0.2, 0) is 23.9 Å². The summed E-state index contributed by atoms with van der Waals surface area (Å²) in [6.45, 7) is 1.20. The van der Waals surface area contributed by atoms with E-state index in [-0.39, 0.29) is 5.71 Å². The Labute approximate surface area is 141 Å². The third-order valence-corrected chi connectivity index (χ3v) is 4.10. The van der Waals surface area contributed by atoms with Gasteiger partial charge in [-0.15, -0.1) is 0 Å². The van der Waals surface area contributed by atoms with Gasteiger partial charge in [0.15, 0.2) is 11.8 Å². The lowest BCUT2D eigenvalue weighted by atomic mass is 9.98. The van der Waals surface area contributed by atoms with Crippen LogP contribution in [0.2, 0.25) is 5.02 Å². The summed E-state index contributed by atoms with van der Waals surface area (Å²) in [6.07, 6.45) is 0. The van der Waals surface area contributed by atoms with Gasteiger partial charge in [0.25, 0.3) is 5.91 Å². The fourth-order valence-electron chi connectivity index (χ4n) is 2.79. The van der Waals surface area contributed by atoms with Gasteiger partial charge >= 0.3 is 5.97 Å². The second kappa shape index (κ2) is 5.72. The number of hydrogen-bond donors (Lipinski definition) is 0. The number of benzene rings is 1. The van der Waals surface area contributed by atoms with Gasteiger partial charge in [0.2, 0.25) is 11.8 Å².